The summed E-state index contributed by atoms with van der Waals surface area (Å²) in [5.41, 5.74) is 0.0418. The van der Waals surface area contributed by atoms with Gasteiger partial charge in [0.1, 0.15) is 17.9 Å². The van der Waals surface area contributed by atoms with Crippen LogP contribution in [0.1, 0.15) is 44.6 Å². The molecular formula is C20H29N5O3. The van der Waals surface area contributed by atoms with Crippen LogP contribution in [0.3, 0.4) is 0 Å². The number of pyridine rings is 1. The van der Waals surface area contributed by atoms with E-state index in [0.717, 1.165) is 35.5 Å². The maximum Gasteiger partial charge on any atom is 0.325 e. The van der Waals surface area contributed by atoms with Crippen molar-refractivity contribution in [2.75, 3.05) is 25.5 Å². The van der Waals surface area contributed by atoms with Crippen LogP contribution in [-0.2, 0) is 16.1 Å². The van der Waals surface area contributed by atoms with Gasteiger partial charge in [0, 0.05) is 26.8 Å². The molecule has 3 rings (SSSR count). The van der Waals surface area contributed by atoms with Crippen LogP contribution in [-0.4, -0.2) is 53.9 Å². The average molecular weight is 387 g/mol. The second-order valence-corrected chi connectivity index (χ2v) is 7.95. The molecule has 1 aliphatic heterocycles. The van der Waals surface area contributed by atoms with E-state index in [4.69, 9.17) is 0 Å². The maximum absolute atomic E-state index is 12.8. The number of hydrogen-bond acceptors (Lipinski definition) is 5. The van der Waals surface area contributed by atoms with Crippen molar-refractivity contribution in [3.05, 3.63) is 23.9 Å². The number of imide groups is 1. The number of hydrogen-bond donors (Lipinski definition) is 2. The predicted molar refractivity (Wildman–Crippen MR) is 106 cm³/mol. The minimum absolute atomic E-state index is 0.257. The summed E-state index contributed by atoms with van der Waals surface area (Å²) in [6, 6.07) is 3.29. The molecule has 1 aliphatic carbocycles. The van der Waals surface area contributed by atoms with Crippen LogP contribution >= 0.6 is 0 Å². The first-order valence-corrected chi connectivity index (χ1v) is 9.87. The summed E-state index contributed by atoms with van der Waals surface area (Å²) >= 11 is 0. The van der Waals surface area contributed by atoms with Gasteiger partial charge in [0.2, 0.25) is 5.91 Å². The summed E-state index contributed by atoms with van der Waals surface area (Å²) in [7, 11) is 3.81. The van der Waals surface area contributed by atoms with Crippen molar-refractivity contribution in [3.63, 3.8) is 0 Å². The van der Waals surface area contributed by atoms with Gasteiger partial charge in [-0.2, -0.15) is 0 Å². The molecule has 2 fully saturated rings. The lowest BCUT2D eigenvalue weighted by molar-refractivity contribution is -0.136. The van der Waals surface area contributed by atoms with Crippen molar-refractivity contribution in [2.24, 2.45) is 5.92 Å². The molecule has 152 valence electrons. The number of carbonyl (C=O) groups is 3. The number of urea groups is 1. The molecular weight excluding hydrogens is 358 g/mol. The van der Waals surface area contributed by atoms with E-state index in [1.54, 1.807) is 6.20 Å². The molecule has 0 radical (unpaired) electrons. The molecule has 8 heteroatoms. The molecule has 0 unspecified atom stereocenters. The third kappa shape index (κ3) is 4.10. The molecule has 2 heterocycles. The molecule has 4 amide bonds. The van der Waals surface area contributed by atoms with E-state index in [1.165, 1.54) is 0 Å². The average Bonchev–Trinajstić information content (AvgIpc) is 2.91. The highest BCUT2D eigenvalue weighted by Crippen LogP contribution is 2.37. The third-order valence-electron chi connectivity index (χ3n) is 5.84. The number of anilines is 1. The Morgan fingerprint density at radius 3 is 2.61 bits per heavy atom. The van der Waals surface area contributed by atoms with E-state index in [9.17, 15) is 14.4 Å². The summed E-state index contributed by atoms with van der Waals surface area (Å²) in [5.74, 6) is 0.816. The SMILES string of the molecule is CCC1CCC2(CC1)NC(=O)N(CC(=O)NCc1ccc(N(C)C)nc1)C2=O. The van der Waals surface area contributed by atoms with Gasteiger partial charge in [0.15, 0.2) is 0 Å². The van der Waals surface area contributed by atoms with Crippen molar-refractivity contribution >= 4 is 23.7 Å². The lowest BCUT2D eigenvalue weighted by Gasteiger charge is -2.34. The lowest BCUT2D eigenvalue weighted by atomic mass is 9.75. The van der Waals surface area contributed by atoms with Gasteiger partial charge in [0.25, 0.3) is 5.91 Å². The fraction of sp³-hybridized carbons (Fsp3) is 0.600. The summed E-state index contributed by atoms with van der Waals surface area (Å²) in [6.45, 7) is 2.19. The number of carbonyl (C=O) groups excluding carboxylic acids is 3. The van der Waals surface area contributed by atoms with Crippen LogP contribution in [0.2, 0.25) is 0 Å². The fourth-order valence-corrected chi connectivity index (χ4v) is 3.92. The highest BCUT2D eigenvalue weighted by molar-refractivity contribution is 6.09. The Kier molecular flexibility index (Phi) is 5.86. The van der Waals surface area contributed by atoms with Gasteiger partial charge in [0.05, 0.1) is 0 Å². The quantitative estimate of drug-likeness (QED) is 0.724. The Labute approximate surface area is 165 Å². The van der Waals surface area contributed by atoms with Crippen LogP contribution in [0.4, 0.5) is 10.6 Å². The molecule has 1 saturated heterocycles. The number of nitrogens with one attached hydrogen (secondary N) is 2. The number of amides is 4. The number of aromatic nitrogens is 1. The van der Waals surface area contributed by atoms with E-state index >= 15 is 0 Å². The third-order valence-corrected chi connectivity index (χ3v) is 5.84. The summed E-state index contributed by atoms with van der Waals surface area (Å²) in [6.07, 6.45) is 5.95. The van der Waals surface area contributed by atoms with Gasteiger partial charge >= 0.3 is 6.03 Å². The largest absolute Gasteiger partial charge is 0.363 e. The Morgan fingerprint density at radius 2 is 2.04 bits per heavy atom. The topological polar surface area (TPSA) is 94.6 Å². The van der Waals surface area contributed by atoms with Crippen molar-refractivity contribution in [1.29, 1.82) is 0 Å². The smallest absolute Gasteiger partial charge is 0.325 e. The molecule has 1 aromatic heterocycles. The van der Waals surface area contributed by atoms with Crippen molar-refractivity contribution in [2.45, 2.75) is 51.1 Å². The van der Waals surface area contributed by atoms with Gasteiger partial charge in [-0.3, -0.25) is 14.5 Å². The summed E-state index contributed by atoms with van der Waals surface area (Å²) in [5, 5.41) is 5.61. The molecule has 2 aliphatic rings. The van der Waals surface area contributed by atoms with Gasteiger partial charge < -0.3 is 15.5 Å². The highest BCUT2D eigenvalue weighted by atomic mass is 16.2. The molecule has 1 saturated carbocycles. The van der Waals surface area contributed by atoms with E-state index in [2.05, 4.69) is 22.5 Å². The second kappa shape index (κ2) is 8.16. The molecule has 2 N–H and O–H groups in total. The zero-order valence-electron chi connectivity index (χ0n) is 16.8. The minimum atomic E-state index is -0.811. The van der Waals surface area contributed by atoms with E-state index in [1.807, 2.05) is 31.1 Å². The second-order valence-electron chi connectivity index (χ2n) is 7.95. The van der Waals surface area contributed by atoms with Crippen LogP contribution in [0, 0.1) is 5.92 Å². The van der Waals surface area contributed by atoms with Gasteiger partial charge in [-0.1, -0.05) is 19.4 Å². The first-order chi connectivity index (χ1) is 13.3. The van der Waals surface area contributed by atoms with Crippen LogP contribution in [0.15, 0.2) is 18.3 Å². The van der Waals surface area contributed by atoms with E-state index < -0.39 is 11.6 Å². The Bertz CT molecular complexity index is 739. The van der Waals surface area contributed by atoms with Gasteiger partial charge in [-0.15, -0.1) is 0 Å². The monoisotopic (exact) mass is 387 g/mol. The lowest BCUT2D eigenvalue weighted by Crippen LogP contribution is -2.50. The van der Waals surface area contributed by atoms with Crippen LogP contribution in [0.5, 0.6) is 0 Å². The van der Waals surface area contributed by atoms with Crippen molar-refractivity contribution in [3.8, 4) is 0 Å². The Morgan fingerprint density at radius 1 is 1.32 bits per heavy atom. The molecule has 0 atom stereocenters. The van der Waals surface area contributed by atoms with Gasteiger partial charge in [-0.25, -0.2) is 9.78 Å². The highest BCUT2D eigenvalue weighted by Gasteiger charge is 2.52. The number of rotatable bonds is 6. The zero-order chi connectivity index (χ0) is 20.3. The molecule has 8 nitrogen and oxygen atoms in total. The summed E-state index contributed by atoms with van der Waals surface area (Å²) < 4.78 is 0. The zero-order valence-corrected chi connectivity index (χ0v) is 16.8. The van der Waals surface area contributed by atoms with Crippen LogP contribution in [0.25, 0.3) is 0 Å². The van der Waals surface area contributed by atoms with Gasteiger partial charge in [-0.05, 0) is 43.2 Å². The first kappa shape index (κ1) is 20.1. The number of nitrogens with zero attached hydrogens (tertiary/aromatic N) is 3. The van der Waals surface area contributed by atoms with E-state index in [0.29, 0.717) is 25.3 Å². The van der Waals surface area contributed by atoms with E-state index in [-0.39, 0.29) is 18.4 Å². The Balaban J connectivity index is 1.54. The molecule has 0 aromatic carbocycles. The molecule has 0 bridgehead atoms. The van der Waals surface area contributed by atoms with Crippen molar-refractivity contribution < 1.29 is 14.4 Å². The standard InChI is InChI=1S/C20H29N5O3/c1-4-14-7-9-20(10-8-14)18(27)25(19(28)23-20)13-17(26)22-12-15-5-6-16(21-11-15)24(2)3/h5-6,11,14H,4,7-10,12-13H2,1-3H3,(H,22,26)(H,23,28). The fourth-order valence-electron chi connectivity index (χ4n) is 3.92. The Hall–Kier alpha value is -2.64. The first-order valence-electron chi connectivity index (χ1n) is 9.87. The summed E-state index contributed by atoms with van der Waals surface area (Å²) in [4.78, 5) is 44.7. The maximum atomic E-state index is 12.8. The normalized spacial score (nSPS) is 24.4. The molecule has 28 heavy (non-hydrogen) atoms. The van der Waals surface area contributed by atoms with Crippen LogP contribution < -0.4 is 15.5 Å². The molecule has 1 spiro atoms. The minimum Gasteiger partial charge on any atom is -0.363 e. The predicted octanol–water partition coefficient (Wildman–Crippen LogP) is 1.65. The van der Waals surface area contributed by atoms with Crippen molar-refractivity contribution in [1.82, 2.24) is 20.5 Å². The molecule has 1 aromatic rings.